The van der Waals surface area contributed by atoms with Gasteiger partial charge in [0.15, 0.2) is 0 Å². The third-order valence-corrected chi connectivity index (χ3v) is 3.90. The van der Waals surface area contributed by atoms with Crippen LogP contribution in [0.25, 0.3) is 22.8 Å². The van der Waals surface area contributed by atoms with E-state index in [4.69, 9.17) is 4.52 Å². The van der Waals surface area contributed by atoms with Gasteiger partial charge in [-0.25, -0.2) is 0 Å². The van der Waals surface area contributed by atoms with Crippen LogP contribution >= 0.6 is 0 Å². The molecule has 1 aromatic heterocycles. The molecule has 0 aliphatic carbocycles. The smallest absolute Gasteiger partial charge is 0.334 e. The zero-order chi connectivity index (χ0) is 18.2. The van der Waals surface area contributed by atoms with Crippen LogP contribution in [0.15, 0.2) is 53.1 Å². The van der Waals surface area contributed by atoms with Gasteiger partial charge in [0, 0.05) is 11.1 Å². The highest BCUT2D eigenvalue weighted by Crippen LogP contribution is 2.36. The van der Waals surface area contributed by atoms with Crippen molar-refractivity contribution in [3.05, 3.63) is 59.7 Å². The van der Waals surface area contributed by atoms with E-state index in [1.54, 1.807) is 0 Å². The van der Waals surface area contributed by atoms with Crippen molar-refractivity contribution >= 4 is 0 Å². The van der Waals surface area contributed by atoms with Crippen molar-refractivity contribution < 1.29 is 17.7 Å². The molecule has 0 amide bonds. The van der Waals surface area contributed by atoms with Gasteiger partial charge in [-0.2, -0.15) is 18.2 Å². The Balaban J connectivity index is 1.97. The lowest BCUT2D eigenvalue weighted by Gasteiger charge is -2.18. The first kappa shape index (κ1) is 17.2. The van der Waals surface area contributed by atoms with Gasteiger partial charge in [-0.15, -0.1) is 0 Å². The SMILES string of the molecule is CC(C)(C)c1ccc(-c2nc(-c3ccccc3C(F)(F)F)no2)cc1. The molecule has 6 heteroatoms. The Hall–Kier alpha value is -2.63. The number of hydrogen-bond acceptors (Lipinski definition) is 3. The van der Waals surface area contributed by atoms with E-state index in [0.29, 0.717) is 5.56 Å². The average Bonchev–Trinajstić information content (AvgIpc) is 3.03. The van der Waals surface area contributed by atoms with Crippen LogP contribution in [0.3, 0.4) is 0 Å². The lowest BCUT2D eigenvalue weighted by Crippen LogP contribution is -2.10. The largest absolute Gasteiger partial charge is 0.417 e. The van der Waals surface area contributed by atoms with Gasteiger partial charge >= 0.3 is 6.18 Å². The Morgan fingerprint density at radius 1 is 0.880 bits per heavy atom. The summed E-state index contributed by atoms with van der Waals surface area (Å²) in [5.41, 5.74) is 0.917. The molecule has 0 spiro atoms. The van der Waals surface area contributed by atoms with Crippen LogP contribution in [0.1, 0.15) is 31.9 Å². The van der Waals surface area contributed by atoms with E-state index >= 15 is 0 Å². The van der Waals surface area contributed by atoms with Gasteiger partial charge in [0.1, 0.15) is 0 Å². The lowest BCUT2D eigenvalue weighted by molar-refractivity contribution is -0.137. The number of hydrogen-bond donors (Lipinski definition) is 0. The summed E-state index contributed by atoms with van der Waals surface area (Å²) in [6, 6.07) is 12.7. The Morgan fingerprint density at radius 2 is 1.52 bits per heavy atom. The monoisotopic (exact) mass is 346 g/mol. The summed E-state index contributed by atoms with van der Waals surface area (Å²) < 4.78 is 44.6. The predicted molar refractivity (Wildman–Crippen MR) is 88.9 cm³/mol. The van der Waals surface area contributed by atoms with Crippen LogP contribution in [-0.4, -0.2) is 10.1 Å². The van der Waals surface area contributed by atoms with Crippen LogP contribution in [0.4, 0.5) is 13.2 Å². The summed E-state index contributed by atoms with van der Waals surface area (Å²) >= 11 is 0. The molecule has 3 rings (SSSR count). The van der Waals surface area contributed by atoms with Crippen LogP contribution < -0.4 is 0 Å². The number of alkyl halides is 3. The third-order valence-electron chi connectivity index (χ3n) is 3.90. The topological polar surface area (TPSA) is 38.9 Å². The molecular weight excluding hydrogens is 329 g/mol. The maximum absolute atomic E-state index is 13.1. The number of rotatable bonds is 2. The van der Waals surface area contributed by atoms with Gasteiger partial charge in [-0.05, 0) is 29.2 Å². The number of halogens is 3. The van der Waals surface area contributed by atoms with E-state index in [-0.39, 0.29) is 22.7 Å². The Labute approximate surface area is 143 Å². The summed E-state index contributed by atoms with van der Waals surface area (Å²) in [5.74, 6) is 0.107. The predicted octanol–water partition coefficient (Wildman–Crippen LogP) is 5.72. The number of nitrogens with zero attached hydrogens (tertiary/aromatic N) is 2. The molecule has 0 N–H and O–H groups in total. The van der Waals surface area contributed by atoms with Crippen molar-refractivity contribution in [2.45, 2.75) is 32.4 Å². The zero-order valence-corrected chi connectivity index (χ0v) is 14.1. The molecule has 3 nitrogen and oxygen atoms in total. The number of benzene rings is 2. The van der Waals surface area contributed by atoms with E-state index in [0.717, 1.165) is 11.6 Å². The summed E-state index contributed by atoms with van der Waals surface area (Å²) in [6.45, 7) is 6.29. The minimum atomic E-state index is -4.48. The lowest BCUT2D eigenvalue weighted by atomic mass is 9.87. The molecular formula is C19H17F3N2O. The van der Waals surface area contributed by atoms with Crippen molar-refractivity contribution in [1.82, 2.24) is 10.1 Å². The van der Waals surface area contributed by atoms with E-state index in [9.17, 15) is 13.2 Å². The van der Waals surface area contributed by atoms with E-state index in [1.807, 2.05) is 24.3 Å². The molecule has 3 aromatic rings. The van der Waals surface area contributed by atoms with Gasteiger partial charge in [0.25, 0.3) is 5.89 Å². The first-order valence-corrected chi connectivity index (χ1v) is 7.77. The fourth-order valence-corrected chi connectivity index (χ4v) is 2.49. The highest BCUT2D eigenvalue weighted by atomic mass is 19.4. The van der Waals surface area contributed by atoms with Crippen LogP contribution in [-0.2, 0) is 11.6 Å². The van der Waals surface area contributed by atoms with Crippen LogP contribution in [0.5, 0.6) is 0 Å². The van der Waals surface area contributed by atoms with Gasteiger partial charge < -0.3 is 4.52 Å². The second kappa shape index (κ2) is 6.02. The van der Waals surface area contributed by atoms with Crippen molar-refractivity contribution in [2.24, 2.45) is 0 Å². The first-order chi connectivity index (χ1) is 11.7. The zero-order valence-electron chi connectivity index (χ0n) is 14.1. The Bertz CT molecular complexity index is 875. The molecule has 0 aliphatic heterocycles. The maximum atomic E-state index is 13.1. The highest BCUT2D eigenvalue weighted by Gasteiger charge is 2.34. The number of aromatic nitrogens is 2. The van der Waals surface area contributed by atoms with E-state index in [2.05, 4.69) is 30.9 Å². The van der Waals surface area contributed by atoms with Crippen molar-refractivity contribution in [1.29, 1.82) is 0 Å². The maximum Gasteiger partial charge on any atom is 0.417 e. The summed E-state index contributed by atoms with van der Waals surface area (Å²) in [5, 5.41) is 3.72. The Morgan fingerprint density at radius 3 is 2.12 bits per heavy atom. The fourth-order valence-electron chi connectivity index (χ4n) is 2.49. The quantitative estimate of drug-likeness (QED) is 0.596. The van der Waals surface area contributed by atoms with E-state index in [1.165, 1.54) is 18.2 Å². The van der Waals surface area contributed by atoms with Gasteiger partial charge in [0.05, 0.1) is 5.56 Å². The van der Waals surface area contributed by atoms with Crippen molar-refractivity contribution in [3.8, 4) is 22.8 Å². The molecule has 0 radical (unpaired) electrons. The standard InChI is InChI=1S/C19H17F3N2O/c1-18(2,3)13-10-8-12(9-11-13)17-23-16(24-25-17)14-6-4-5-7-15(14)19(20,21)22/h4-11H,1-3H3. The highest BCUT2D eigenvalue weighted by molar-refractivity contribution is 5.63. The fraction of sp³-hybridized carbons (Fsp3) is 0.263. The van der Waals surface area contributed by atoms with Crippen molar-refractivity contribution in [2.75, 3.05) is 0 Å². The van der Waals surface area contributed by atoms with Crippen LogP contribution in [0.2, 0.25) is 0 Å². The third kappa shape index (κ3) is 3.57. The molecule has 0 unspecified atom stereocenters. The molecule has 1 heterocycles. The normalized spacial score (nSPS) is 12.4. The molecule has 25 heavy (non-hydrogen) atoms. The molecule has 0 fully saturated rings. The minimum absolute atomic E-state index is 0.00415. The second-order valence-electron chi connectivity index (χ2n) is 6.79. The summed E-state index contributed by atoms with van der Waals surface area (Å²) in [4.78, 5) is 4.14. The van der Waals surface area contributed by atoms with Crippen molar-refractivity contribution in [3.63, 3.8) is 0 Å². The average molecular weight is 346 g/mol. The molecule has 2 aromatic carbocycles. The molecule has 0 saturated heterocycles. The van der Waals surface area contributed by atoms with Gasteiger partial charge in [0.2, 0.25) is 5.82 Å². The van der Waals surface area contributed by atoms with Crippen LogP contribution in [0, 0.1) is 0 Å². The molecule has 0 aliphatic rings. The molecule has 0 atom stereocenters. The van der Waals surface area contributed by atoms with Gasteiger partial charge in [-0.1, -0.05) is 56.3 Å². The Kier molecular flexibility index (Phi) is 4.14. The summed E-state index contributed by atoms with van der Waals surface area (Å²) in [7, 11) is 0. The van der Waals surface area contributed by atoms with E-state index < -0.39 is 11.7 Å². The molecule has 0 bridgehead atoms. The van der Waals surface area contributed by atoms with Gasteiger partial charge in [-0.3, -0.25) is 0 Å². The molecule has 130 valence electrons. The summed E-state index contributed by atoms with van der Waals surface area (Å²) in [6.07, 6.45) is -4.48. The molecule has 0 saturated carbocycles. The first-order valence-electron chi connectivity index (χ1n) is 7.77. The second-order valence-corrected chi connectivity index (χ2v) is 6.79. The minimum Gasteiger partial charge on any atom is -0.334 e.